The van der Waals surface area contributed by atoms with E-state index in [1.54, 1.807) is 6.08 Å². The van der Waals surface area contributed by atoms with Gasteiger partial charge >= 0.3 is 23.9 Å². The Morgan fingerprint density at radius 3 is 1.27 bits per heavy atom. The van der Waals surface area contributed by atoms with Gasteiger partial charge in [-0.15, -0.1) is 0 Å². The van der Waals surface area contributed by atoms with Crippen LogP contribution in [0.5, 0.6) is 0 Å². The fourth-order valence-electron chi connectivity index (χ4n) is 8.48. The standard InChI is InChI=1S/C67H106O12/c1-4-7-10-13-16-19-22-25-28-30-33-35-38-41-44-47-50-53-59(68)75-56-58(77-60(69)54-51-48-45-42-39-36-32-27-24-21-18-15-12-9-6-3)57-76-67-65(63(72)62(71)64(79-67)66(73)74)78-61(70)55-52-49-46-43-40-37-34-31-29-26-23-20-17-14-11-8-5-2/h7,9-10,12,16,18-19,21,25,27-28,32-33,35,39,41-42,44,48,51,58,62-65,67,71-72H,4-6,8,11,13-15,17,20,22-24,26,29-31,34,36-38,40,43,45-47,49-50,52-57H2,1-3H3,(H,73,74)/b10-7-,12-9-,19-16-,21-18-,28-25-,32-27-,35-33-,42-39-,44-41-,51-48-. The molecule has 0 amide bonds. The van der Waals surface area contributed by atoms with Crippen LogP contribution >= 0.6 is 0 Å². The van der Waals surface area contributed by atoms with Gasteiger partial charge in [-0.2, -0.15) is 0 Å². The molecule has 12 heteroatoms. The largest absolute Gasteiger partial charge is 0.479 e. The van der Waals surface area contributed by atoms with E-state index in [4.69, 9.17) is 23.7 Å². The molecule has 1 fully saturated rings. The van der Waals surface area contributed by atoms with Gasteiger partial charge in [0.25, 0.3) is 0 Å². The number of hydrogen-bond donors (Lipinski definition) is 3. The molecule has 0 bridgehead atoms. The van der Waals surface area contributed by atoms with E-state index in [-0.39, 0.29) is 25.9 Å². The lowest BCUT2D eigenvalue weighted by atomic mass is 9.98. The van der Waals surface area contributed by atoms with Crippen molar-refractivity contribution in [2.24, 2.45) is 0 Å². The molecular formula is C67H106O12. The molecule has 1 aliphatic heterocycles. The summed E-state index contributed by atoms with van der Waals surface area (Å²) >= 11 is 0. The molecule has 0 saturated carbocycles. The highest BCUT2D eigenvalue weighted by Crippen LogP contribution is 2.26. The van der Waals surface area contributed by atoms with Crippen LogP contribution in [0.4, 0.5) is 0 Å². The van der Waals surface area contributed by atoms with E-state index in [1.165, 1.54) is 77.0 Å². The first kappa shape index (κ1) is 72.1. The molecule has 0 spiro atoms. The molecule has 1 aliphatic rings. The summed E-state index contributed by atoms with van der Waals surface area (Å²) in [5, 5.41) is 31.5. The number of esters is 3. The van der Waals surface area contributed by atoms with Crippen molar-refractivity contribution in [1.82, 2.24) is 0 Å². The number of unbranched alkanes of at least 4 members (excludes halogenated alkanes) is 17. The van der Waals surface area contributed by atoms with Gasteiger partial charge in [-0.3, -0.25) is 14.4 Å². The van der Waals surface area contributed by atoms with Gasteiger partial charge < -0.3 is 39.0 Å². The normalized spacial score (nSPS) is 18.7. The fourth-order valence-corrected chi connectivity index (χ4v) is 8.48. The Bertz CT molecular complexity index is 1840. The van der Waals surface area contributed by atoms with E-state index in [1.807, 2.05) is 30.4 Å². The Hall–Kier alpha value is -4.88. The lowest BCUT2D eigenvalue weighted by Crippen LogP contribution is -2.61. The number of hydrogen-bond acceptors (Lipinski definition) is 11. The van der Waals surface area contributed by atoms with Crippen LogP contribution in [0, 0.1) is 0 Å². The van der Waals surface area contributed by atoms with E-state index in [0.29, 0.717) is 25.7 Å². The summed E-state index contributed by atoms with van der Waals surface area (Å²) in [6.07, 6.45) is 62.0. The molecule has 0 aromatic carbocycles. The van der Waals surface area contributed by atoms with E-state index < -0.39 is 67.3 Å². The number of allylic oxidation sites excluding steroid dienone is 19. The maximum Gasteiger partial charge on any atom is 0.335 e. The molecule has 79 heavy (non-hydrogen) atoms. The van der Waals surface area contributed by atoms with Crippen molar-refractivity contribution in [1.29, 1.82) is 0 Å². The zero-order chi connectivity index (χ0) is 57.5. The zero-order valence-electron chi connectivity index (χ0n) is 49.1. The molecule has 6 unspecified atom stereocenters. The van der Waals surface area contributed by atoms with Gasteiger partial charge in [-0.05, 0) is 83.5 Å². The number of aliphatic hydroxyl groups is 2. The van der Waals surface area contributed by atoms with Crippen LogP contribution in [0.25, 0.3) is 0 Å². The van der Waals surface area contributed by atoms with Crippen molar-refractivity contribution < 1.29 is 58.2 Å². The number of carboxylic acids is 1. The quantitative estimate of drug-likeness (QED) is 0.0228. The number of aliphatic carboxylic acids is 1. The third kappa shape index (κ3) is 43.6. The van der Waals surface area contributed by atoms with Gasteiger partial charge in [-0.1, -0.05) is 245 Å². The molecule has 1 saturated heterocycles. The summed E-state index contributed by atoms with van der Waals surface area (Å²) in [5.74, 6) is -3.38. The monoisotopic (exact) mass is 1100 g/mol. The van der Waals surface area contributed by atoms with Crippen molar-refractivity contribution in [3.63, 3.8) is 0 Å². The van der Waals surface area contributed by atoms with Gasteiger partial charge in [-0.25, -0.2) is 4.79 Å². The Labute approximate surface area is 478 Å². The van der Waals surface area contributed by atoms with Gasteiger partial charge in [0.05, 0.1) is 13.0 Å². The predicted octanol–water partition coefficient (Wildman–Crippen LogP) is 16.0. The second kappa shape index (κ2) is 53.7. The molecule has 446 valence electrons. The molecule has 0 radical (unpaired) electrons. The van der Waals surface area contributed by atoms with Crippen molar-refractivity contribution >= 4 is 23.9 Å². The summed E-state index contributed by atoms with van der Waals surface area (Å²) in [5.41, 5.74) is 0. The van der Waals surface area contributed by atoms with Gasteiger partial charge in [0.1, 0.15) is 18.8 Å². The van der Waals surface area contributed by atoms with Crippen molar-refractivity contribution in [3.05, 3.63) is 122 Å². The van der Waals surface area contributed by atoms with Crippen LogP contribution in [0.2, 0.25) is 0 Å². The first-order chi connectivity index (χ1) is 38.6. The topological polar surface area (TPSA) is 175 Å². The van der Waals surface area contributed by atoms with Crippen LogP contribution in [0.15, 0.2) is 122 Å². The van der Waals surface area contributed by atoms with E-state index in [2.05, 4.69) is 106 Å². The van der Waals surface area contributed by atoms with E-state index >= 15 is 0 Å². The number of rotatable bonds is 50. The highest BCUT2D eigenvalue weighted by Gasteiger charge is 2.50. The molecule has 6 atom stereocenters. The average molecular weight is 1100 g/mol. The second-order valence-corrected chi connectivity index (χ2v) is 20.2. The third-order valence-electron chi connectivity index (χ3n) is 13.1. The minimum absolute atomic E-state index is 0.0417. The van der Waals surface area contributed by atoms with Crippen molar-refractivity contribution in [3.8, 4) is 0 Å². The lowest BCUT2D eigenvalue weighted by molar-refractivity contribution is -0.301. The highest BCUT2D eigenvalue weighted by molar-refractivity contribution is 5.74. The Kier molecular flexibility index (Phi) is 49.1. The van der Waals surface area contributed by atoms with Gasteiger partial charge in [0.15, 0.2) is 24.6 Å². The van der Waals surface area contributed by atoms with Gasteiger partial charge in [0, 0.05) is 12.8 Å². The molecule has 1 heterocycles. The summed E-state index contributed by atoms with van der Waals surface area (Å²) in [7, 11) is 0. The molecular weight excluding hydrogens is 997 g/mol. The van der Waals surface area contributed by atoms with Crippen LogP contribution < -0.4 is 0 Å². The number of carbonyl (C=O) groups excluding carboxylic acids is 3. The summed E-state index contributed by atoms with van der Waals surface area (Å²) in [6.45, 7) is 5.63. The van der Waals surface area contributed by atoms with Crippen LogP contribution in [0.3, 0.4) is 0 Å². The molecule has 1 rings (SSSR count). The van der Waals surface area contributed by atoms with Crippen LogP contribution in [0.1, 0.15) is 226 Å². The minimum atomic E-state index is -1.93. The lowest BCUT2D eigenvalue weighted by Gasteiger charge is -2.40. The smallest absolute Gasteiger partial charge is 0.335 e. The van der Waals surface area contributed by atoms with Crippen molar-refractivity contribution in [2.45, 2.75) is 263 Å². The summed E-state index contributed by atoms with van der Waals surface area (Å²) in [4.78, 5) is 51.1. The predicted molar refractivity (Wildman–Crippen MR) is 321 cm³/mol. The number of carboxylic acid groups (broad SMARTS) is 1. The first-order valence-electron chi connectivity index (χ1n) is 30.5. The molecule has 12 nitrogen and oxygen atoms in total. The number of ether oxygens (including phenoxy) is 5. The van der Waals surface area contributed by atoms with Crippen LogP contribution in [-0.4, -0.2) is 89.2 Å². The Morgan fingerprint density at radius 2 is 0.835 bits per heavy atom. The van der Waals surface area contributed by atoms with Crippen LogP contribution in [-0.2, 0) is 42.9 Å². The SMILES string of the molecule is CC/C=C\C/C=C\C/C=C\C/C=C\C/C=C\CCCC(=O)OCC(COC1OC(C(=O)O)C(O)C(O)C1OC(=O)CCCCCCCCCCCCCCCCCCC)OC(=O)C/C=C\C/C=C\C/C=C\C/C=C\C/C=C\CC. The number of carbonyl (C=O) groups is 4. The maximum absolute atomic E-state index is 13.1. The summed E-state index contributed by atoms with van der Waals surface area (Å²) in [6, 6.07) is 0. The third-order valence-corrected chi connectivity index (χ3v) is 13.1. The zero-order valence-corrected chi connectivity index (χ0v) is 49.1. The highest BCUT2D eigenvalue weighted by atomic mass is 16.7. The van der Waals surface area contributed by atoms with E-state index in [0.717, 1.165) is 83.5 Å². The second-order valence-electron chi connectivity index (χ2n) is 20.2. The molecule has 0 aromatic rings. The fraction of sp³-hybridized carbons (Fsp3) is 0.642. The van der Waals surface area contributed by atoms with E-state index in [9.17, 15) is 34.5 Å². The maximum atomic E-state index is 13.1. The number of aliphatic hydroxyl groups excluding tert-OH is 2. The Balaban J connectivity index is 2.76. The minimum Gasteiger partial charge on any atom is -0.479 e. The molecule has 3 N–H and O–H groups in total. The summed E-state index contributed by atoms with van der Waals surface area (Å²) < 4.78 is 28.3. The first-order valence-corrected chi connectivity index (χ1v) is 30.5. The van der Waals surface area contributed by atoms with Gasteiger partial charge in [0.2, 0.25) is 0 Å². The Morgan fingerprint density at radius 1 is 0.443 bits per heavy atom. The molecule has 0 aromatic heterocycles. The average Bonchev–Trinajstić information content (AvgIpc) is 3.47. The molecule has 0 aliphatic carbocycles. The van der Waals surface area contributed by atoms with Crippen molar-refractivity contribution in [2.75, 3.05) is 13.2 Å².